The largest absolute Gasteiger partial charge is 0.487 e. The Hall–Kier alpha value is -3.93. The molecule has 148 valence electrons. The molecule has 1 atom stereocenters. The standard InChI is InChI=1S/C20H20N6O3/c1-4-6-8-13(5-2)11-16-23-17(25-24-16)19(27)22-14-12-29-15-9-7-10-21-18(15)26(3)20(14)28/h1,5-10,14H,11-12H2,2-3H3,(H,22,27)(H,23,24,25)/b8-6-,13-5+/t14-/m0/s1. The van der Waals surface area contributed by atoms with Crippen LogP contribution in [0.3, 0.4) is 0 Å². The molecule has 2 N–H and O–H groups in total. The van der Waals surface area contributed by atoms with E-state index in [9.17, 15) is 9.59 Å². The lowest BCUT2D eigenvalue weighted by Gasteiger charge is -2.19. The van der Waals surface area contributed by atoms with E-state index in [0.717, 1.165) is 5.57 Å². The predicted molar refractivity (Wildman–Crippen MR) is 106 cm³/mol. The minimum Gasteiger partial charge on any atom is -0.487 e. The average Bonchev–Trinajstić information content (AvgIpc) is 3.17. The Labute approximate surface area is 167 Å². The van der Waals surface area contributed by atoms with Crippen LogP contribution in [0.25, 0.3) is 0 Å². The monoisotopic (exact) mass is 392 g/mol. The number of nitrogens with zero attached hydrogens (tertiary/aromatic N) is 4. The smallest absolute Gasteiger partial charge is 0.289 e. The highest BCUT2D eigenvalue weighted by atomic mass is 16.5. The number of hydrogen-bond donors (Lipinski definition) is 2. The number of hydrogen-bond acceptors (Lipinski definition) is 6. The Bertz CT molecular complexity index is 1020. The highest BCUT2D eigenvalue weighted by molar-refractivity contribution is 6.01. The van der Waals surface area contributed by atoms with Gasteiger partial charge < -0.3 is 15.0 Å². The number of carbonyl (C=O) groups excluding carboxylic acids is 2. The number of pyridine rings is 1. The molecule has 1 aliphatic heterocycles. The second kappa shape index (κ2) is 8.84. The van der Waals surface area contributed by atoms with Crippen molar-refractivity contribution in [1.82, 2.24) is 25.5 Å². The number of terminal acetylenes is 1. The van der Waals surface area contributed by atoms with Gasteiger partial charge in [-0.1, -0.05) is 18.1 Å². The molecular weight excluding hydrogens is 372 g/mol. The number of rotatable bonds is 5. The van der Waals surface area contributed by atoms with Crippen molar-refractivity contribution in [2.75, 3.05) is 18.6 Å². The second-order valence-electron chi connectivity index (χ2n) is 6.22. The highest BCUT2D eigenvalue weighted by Crippen LogP contribution is 2.27. The number of ether oxygens (including phenoxy) is 1. The molecule has 0 unspecified atom stereocenters. The number of nitrogens with one attached hydrogen (secondary N) is 2. The Morgan fingerprint density at radius 3 is 3.10 bits per heavy atom. The van der Waals surface area contributed by atoms with Gasteiger partial charge in [0.2, 0.25) is 5.82 Å². The summed E-state index contributed by atoms with van der Waals surface area (Å²) >= 11 is 0. The Kier molecular flexibility index (Phi) is 6.04. The van der Waals surface area contributed by atoms with Gasteiger partial charge in [-0.3, -0.25) is 14.5 Å². The van der Waals surface area contributed by atoms with E-state index < -0.39 is 11.9 Å². The minimum absolute atomic E-state index is 0.00622. The summed E-state index contributed by atoms with van der Waals surface area (Å²) in [7, 11) is 1.58. The third-order valence-electron chi connectivity index (χ3n) is 4.29. The third-order valence-corrected chi connectivity index (χ3v) is 4.29. The Morgan fingerprint density at radius 2 is 2.34 bits per heavy atom. The molecule has 2 aromatic heterocycles. The van der Waals surface area contributed by atoms with Gasteiger partial charge in [-0.25, -0.2) is 4.98 Å². The van der Waals surface area contributed by atoms with Gasteiger partial charge in [0.05, 0.1) is 0 Å². The zero-order valence-corrected chi connectivity index (χ0v) is 16.0. The van der Waals surface area contributed by atoms with Crippen molar-refractivity contribution in [3.05, 3.63) is 53.8 Å². The minimum atomic E-state index is -0.889. The number of fused-ring (bicyclic) bond motifs is 1. The van der Waals surface area contributed by atoms with Crippen LogP contribution < -0.4 is 15.0 Å². The van der Waals surface area contributed by atoms with E-state index >= 15 is 0 Å². The first kappa shape index (κ1) is 19.8. The van der Waals surface area contributed by atoms with Crippen LogP contribution >= 0.6 is 0 Å². The highest BCUT2D eigenvalue weighted by Gasteiger charge is 2.32. The van der Waals surface area contributed by atoms with Gasteiger partial charge in [0, 0.05) is 19.7 Å². The second-order valence-corrected chi connectivity index (χ2v) is 6.22. The van der Waals surface area contributed by atoms with Crippen molar-refractivity contribution in [2.45, 2.75) is 19.4 Å². The SMILES string of the molecule is C#C/C=C\C(=C/C)Cc1nnc(C(=O)N[C@H]2COc3cccnc3N(C)C2=O)[nH]1. The molecule has 3 rings (SSSR count). The molecule has 0 saturated carbocycles. The van der Waals surface area contributed by atoms with Crippen molar-refractivity contribution < 1.29 is 14.3 Å². The summed E-state index contributed by atoms with van der Waals surface area (Å²) in [6.07, 6.45) is 12.5. The predicted octanol–water partition coefficient (Wildman–Crippen LogP) is 1.03. The molecule has 0 aliphatic carbocycles. The van der Waals surface area contributed by atoms with Crippen molar-refractivity contribution in [3.8, 4) is 18.1 Å². The lowest BCUT2D eigenvalue weighted by molar-refractivity contribution is -0.120. The van der Waals surface area contributed by atoms with Gasteiger partial charge in [-0.05, 0) is 30.7 Å². The van der Waals surface area contributed by atoms with Gasteiger partial charge in [0.1, 0.15) is 18.5 Å². The zero-order valence-electron chi connectivity index (χ0n) is 16.0. The number of aromatic amines is 1. The molecule has 2 aromatic rings. The zero-order chi connectivity index (χ0) is 20.8. The van der Waals surface area contributed by atoms with E-state index in [1.165, 1.54) is 4.90 Å². The van der Waals surface area contributed by atoms with Gasteiger partial charge >= 0.3 is 0 Å². The van der Waals surface area contributed by atoms with E-state index in [-0.39, 0.29) is 18.3 Å². The molecule has 3 heterocycles. The van der Waals surface area contributed by atoms with Crippen LogP contribution in [0, 0.1) is 12.3 Å². The first-order valence-corrected chi connectivity index (χ1v) is 8.89. The Morgan fingerprint density at radius 1 is 1.52 bits per heavy atom. The van der Waals surface area contributed by atoms with Crippen LogP contribution in [0.4, 0.5) is 5.82 Å². The molecule has 9 heteroatoms. The normalized spacial score (nSPS) is 16.7. The average molecular weight is 392 g/mol. The fourth-order valence-electron chi connectivity index (χ4n) is 2.74. The maximum absolute atomic E-state index is 12.7. The van der Waals surface area contributed by atoms with Crippen LogP contribution in [0.5, 0.6) is 5.75 Å². The number of aromatic nitrogens is 4. The molecule has 1 aliphatic rings. The molecule has 0 aromatic carbocycles. The summed E-state index contributed by atoms with van der Waals surface area (Å²) in [5, 5.41) is 10.5. The maximum Gasteiger partial charge on any atom is 0.289 e. The van der Waals surface area contributed by atoms with Crippen molar-refractivity contribution in [1.29, 1.82) is 0 Å². The molecule has 2 amide bonds. The molecule has 9 nitrogen and oxygen atoms in total. The molecule has 0 spiro atoms. The lowest BCUT2D eigenvalue weighted by atomic mass is 10.1. The molecular formula is C20H20N6O3. The summed E-state index contributed by atoms with van der Waals surface area (Å²) < 4.78 is 5.63. The number of likely N-dealkylation sites (N-methyl/N-ethyl adjacent to an activating group) is 1. The van der Waals surface area contributed by atoms with Crippen LogP contribution in [0.15, 0.2) is 42.1 Å². The van der Waals surface area contributed by atoms with Gasteiger partial charge in [0.25, 0.3) is 11.8 Å². The maximum atomic E-state index is 12.7. The molecule has 0 saturated heterocycles. The fourth-order valence-corrected chi connectivity index (χ4v) is 2.74. The Balaban J connectivity index is 1.68. The third kappa shape index (κ3) is 4.50. The first-order chi connectivity index (χ1) is 14.0. The number of allylic oxidation sites excluding steroid dienone is 4. The topological polar surface area (TPSA) is 113 Å². The first-order valence-electron chi connectivity index (χ1n) is 8.89. The van der Waals surface area contributed by atoms with Crippen LogP contribution in [0.1, 0.15) is 23.4 Å². The van der Waals surface area contributed by atoms with Crippen LogP contribution in [-0.2, 0) is 11.2 Å². The van der Waals surface area contributed by atoms with Gasteiger partial charge in [-0.15, -0.1) is 16.6 Å². The molecule has 29 heavy (non-hydrogen) atoms. The number of H-pyrrole nitrogens is 1. The molecule has 0 bridgehead atoms. The molecule has 0 radical (unpaired) electrons. The van der Waals surface area contributed by atoms with Crippen molar-refractivity contribution in [2.24, 2.45) is 0 Å². The van der Waals surface area contributed by atoms with E-state index in [2.05, 4.69) is 31.4 Å². The summed E-state index contributed by atoms with van der Waals surface area (Å²) in [5.74, 6) is 2.90. The summed E-state index contributed by atoms with van der Waals surface area (Å²) in [6.45, 7) is 1.86. The number of carbonyl (C=O) groups is 2. The summed E-state index contributed by atoms with van der Waals surface area (Å²) in [4.78, 5) is 33.6. The van der Waals surface area contributed by atoms with Crippen LogP contribution in [0.2, 0.25) is 0 Å². The lowest BCUT2D eigenvalue weighted by Crippen LogP contribution is -2.49. The van der Waals surface area contributed by atoms with Gasteiger partial charge in [-0.2, -0.15) is 0 Å². The van der Waals surface area contributed by atoms with Crippen molar-refractivity contribution >= 4 is 17.6 Å². The summed E-state index contributed by atoms with van der Waals surface area (Å²) in [6, 6.07) is 2.54. The molecule has 0 fully saturated rings. The van der Waals surface area contributed by atoms with E-state index in [1.807, 2.05) is 13.0 Å². The van der Waals surface area contributed by atoms with Gasteiger partial charge in [0.15, 0.2) is 11.6 Å². The van der Waals surface area contributed by atoms with E-state index in [1.54, 1.807) is 37.5 Å². The van der Waals surface area contributed by atoms with Crippen LogP contribution in [-0.4, -0.2) is 51.7 Å². The number of anilines is 1. The quantitative estimate of drug-likeness (QED) is 0.581. The number of amides is 2. The fraction of sp³-hybridized carbons (Fsp3) is 0.250. The van der Waals surface area contributed by atoms with E-state index in [0.29, 0.717) is 23.8 Å². The van der Waals surface area contributed by atoms with E-state index in [4.69, 9.17) is 11.2 Å². The summed E-state index contributed by atoms with van der Waals surface area (Å²) in [5.41, 5.74) is 0.922. The van der Waals surface area contributed by atoms with Crippen molar-refractivity contribution in [3.63, 3.8) is 0 Å².